The number of rotatable bonds is 6. The summed E-state index contributed by atoms with van der Waals surface area (Å²) in [5.41, 5.74) is 13.2. The summed E-state index contributed by atoms with van der Waals surface area (Å²) >= 11 is 0. The number of aromatic nitrogens is 3. The SMILES string of the molecule is C[C@H](N)CNc1ncc(C(N)=O)c(Nc2ccc3[nH]ccc3c2)n1. The van der Waals surface area contributed by atoms with Crippen molar-refractivity contribution in [3.8, 4) is 0 Å². The van der Waals surface area contributed by atoms with E-state index in [4.69, 9.17) is 11.5 Å². The average molecular weight is 325 g/mol. The van der Waals surface area contributed by atoms with Crippen LogP contribution in [0.25, 0.3) is 10.9 Å². The van der Waals surface area contributed by atoms with Gasteiger partial charge < -0.3 is 27.1 Å². The first-order valence-electron chi connectivity index (χ1n) is 7.53. The maximum Gasteiger partial charge on any atom is 0.254 e. The number of aromatic amines is 1. The van der Waals surface area contributed by atoms with Crippen LogP contribution in [-0.4, -0.2) is 33.4 Å². The summed E-state index contributed by atoms with van der Waals surface area (Å²) in [5, 5.41) is 7.19. The van der Waals surface area contributed by atoms with Gasteiger partial charge in [-0.25, -0.2) is 4.98 Å². The fourth-order valence-electron chi connectivity index (χ4n) is 2.26. The zero-order valence-electron chi connectivity index (χ0n) is 13.2. The quantitative estimate of drug-likeness (QED) is 0.467. The van der Waals surface area contributed by atoms with Crippen molar-refractivity contribution in [3.05, 3.63) is 42.2 Å². The Kier molecular flexibility index (Phi) is 4.30. The first kappa shape index (κ1) is 15.8. The highest BCUT2D eigenvalue weighted by Crippen LogP contribution is 2.23. The fraction of sp³-hybridized carbons (Fsp3) is 0.188. The Hall–Kier alpha value is -3.13. The molecule has 0 bridgehead atoms. The molecule has 1 aromatic carbocycles. The molecule has 3 aromatic rings. The number of amides is 1. The number of anilines is 3. The van der Waals surface area contributed by atoms with Crippen LogP contribution in [0.5, 0.6) is 0 Å². The van der Waals surface area contributed by atoms with Gasteiger partial charge in [0.25, 0.3) is 5.91 Å². The lowest BCUT2D eigenvalue weighted by molar-refractivity contribution is 0.100. The predicted octanol–water partition coefficient (Wildman–Crippen LogP) is 1.56. The molecule has 8 nitrogen and oxygen atoms in total. The van der Waals surface area contributed by atoms with Crippen LogP contribution in [0.1, 0.15) is 17.3 Å². The van der Waals surface area contributed by atoms with E-state index in [1.807, 2.05) is 37.4 Å². The highest BCUT2D eigenvalue weighted by atomic mass is 16.1. The maximum absolute atomic E-state index is 11.6. The van der Waals surface area contributed by atoms with Gasteiger partial charge in [-0.1, -0.05) is 0 Å². The molecule has 1 amide bonds. The van der Waals surface area contributed by atoms with Gasteiger partial charge in [0.05, 0.1) is 0 Å². The van der Waals surface area contributed by atoms with E-state index in [1.165, 1.54) is 6.20 Å². The Bertz CT molecular complexity index is 872. The molecule has 2 heterocycles. The van der Waals surface area contributed by atoms with Gasteiger partial charge in [-0.3, -0.25) is 4.79 Å². The van der Waals surface area contributed by atoms with Gasteiger partial charge in [0.15, 0.2) is 0 Å². The molecule has 8 heteroatoms. The summed E-state index contributed by atoms with van der Waals surface area (Å²) in [6.07, 6.45) is 3.26. The van der Waals surface area contributed by atoms with E-state index in [-0.39, 0.29) is 11.6 Å². The molecule has 0 aliphatic carbocycles. The number of benzene rings is 1. The summed E-state index contributed by atoms with van der Waals surface area (Å²) in [4.78, 5) is 23.2. The van der Waals surface area contributed by atoms with Gasteiger partial charge in [0.2, 0.25) is 5.95 Å². The van der Waals surface area contributed by atoms with Crippen LogP contribution in [-0.2, 0) is 0 Å². The molecule has 7 N–H and O–H groups in total. The summed E-state index contributed by atoms with van der Waals surface area (Å²) in [6.45, 7) is 2.39. The molecule has 0 unspecified atom stereocenters. The van der Waals surface area contributed by atoms with Crippen LogP contribution >= 0.6 is 0 Å². The van der Waals surface area contributed by atoms with Gasteiger partial charge in [-0.15, -0.1) is 0 Å². The normalized spacial score (nSPS) is 12.1. The van der Waals surface area contributed by atoms with Crippen LogP contribution in [0.15, 0.2) is 36.7 Å². The van der Waals surface area contributed by atoms with Crippen LogP contribution in [0.3, 0.4) is 0 Å². The molecule has 2 aromatic heterocycles. The molecule has 0 spiro atoms. The van der Waals surface area contributed by atoms with Crippen LogP contribution in [0.2, 0.25) is 0 Å². The van der Waals surface area contributed by atoms with Gasteiger partial charge in [-0.2, -0.15) is 4.98 Å². The summed E-state index contributed by atoms with van der Waals surface area (Å²) in [5.74, 6) is 0.126. The Balaban J connectivity index is 1.91. The monoisotopic (exact) mass is 325 g/mol. The molecule has 0 saturated heterocycles. The zero-order valence-corrected chi connectivity index (χ0v) is 13.2. The number of primary amides is 1. The minimum Gasteiger partial charge on any atom is -0.365 e. The standard InChI is InChI=1S/C16H19N7O/c1-9(17)7-20-16-21-8-12(14(18)24)15(23-16)22-11-2-3-13-10(6-11)4-5-19-13/h2-6,8-9,19H,7,17H2,1H3,(H2,18,24)(H2,20,21,22,23)/t9-/m0/s1. The molecule has 1 atom stereocenters. The molecule has 0 saturated carbocycles. The van der Waals surface area contributed by atoms with Gasteiger partial charge in [0.1, 0.15) is 11.4 Å². The Morgan fingerprint density at radius 3 is 2.96 bits per heavy atom. The molecule has 0 aliphatic rings. The Labute approximate surface area is 138 Å². The number of nitrogens with two attached hydrogens (primary N) is 2. The lowest BCUT2D eigenvalue weighted by atomic mass is 10.2. The fourth-order valence-corrected chi connectivity index (χ4v) is 2.26. The number of H-pyrrole nitrogens is 1. The molecule has 3 rings (SSSR count). The minimum absolute atomic E-state index is 0.0446. The summed E-state index contributed by atoms with van der Waals surface area (Å²) in [7, 11) is 0. The van der Waals surface area contributed by atoms with E-state index in [0.29, 0.717) is 18.3 Å². The van der Waals surface area contributed by atoms with Crippen molar-refractivity contribution in [1.29, 1.82) is 0 Å². The van der Waals surface area contributed by atoms with E-state index < -0.39 is 5.91 Å². The second-order valence-corrected chi connectivity index (χ2v) is 5.58. The van der Waals surface area contributed by atoms with E-state index in [0.717, 1.165) is 16.6 Å². The van der Waals surface area contributed by atoms with E-state index in [1.54, 1.807) is 0 Å². The van der Waals surface area contributed by atoms with E-state index in [2.05, 4.69) is 25.6 Å². The smallest absolute Gasteiger partial charge is 0.254 e. The average Bonchev–Trinajstić information content (AvgIpc) is 3.00. The first-order chi connectivity index (χ1) is 11.5. The van der Waals surface area contributed by atoms with Gasteiger partial charge >= 0.3 is 0 Å². The van der Waals surface area contributed by atoms with Crippen molar-refractivity contribution >= 4 is 34.3 Å². The largest absolute Gasteiger partial charge is 0.365 e. The highest BCUT2D eigenvalue weighted by molar-refractivity contribution is 5.98. The zero-order chi connectivity index (χ0) is 17.1. The number of fused-ring (bicyclic) bond motifs is 1. The van der Waals surface area contributed by atoms with Crippen LogP contribution < -0.4 is 22.1 Å². The van der Waals surface area contributed by atoms with Crippen molar-refractivity contribution in [2.75, 3.05) is 17.2 Å². The van der Waals surface area contributed by atoms with E-state index in [9.17, 15) is 4.79 Å². The molecule has 124 valence electrons. The lowest BCUT2D eigenvalue weighted by Crippen LogP contribution is -2.26. The second kappa shape index (κ2) is 6.55. The van der Waals surface area contributed by atoms with Gasteiger partial charge in [-0.05, 0) is 31.2 Å². The minimum atomic E-state index is -0.598. The van der Waals surface area contributed by atoms with Crippen molar-refractivity contribution < 1.29 is 4.79 Å². The highest BCUT2D eigenvalue weighted by Gasteiger charge is 2.13. The molecule has 24 heavy (non-hydrogen) atoms. The number of hydrogen-bond acceptors (Lipinski definition) is 6. The Morgan fingerprint density at radius 1 is 1.38 bits per heavy atom. The first-order valence-corrected chi connectivity index (χ1v) is 7.53. The van der Waals surface area contributed by atoms with Crippen molar-refractivity contribution in [1.82, 2.24) is 15.0 Å². The molecule has 0 fully saturated rings. The van der Waals surface area contributed by atoms with Gasteiger partial charge in [0, 0.05) is 41.6 Å². The molecular weight excluding hydrogens is 306 g/mol. The third kappa shape index (κ3) is 3.44. The van der Waals surface area contributed by atoms with Crippen molar-refractivity contribution in [3.63, 3.8) is 0 Å². The third-order valence-electron chi connectivity index (χ3n) is 3.45. The molecule has 0 aliphatic heterocycles. The molecule has 0 radical (unpaired) electrons. The summed E-state index contributed by atoms with van der Waals surface area (Å²) in [6, 6.07) is 7.70. The lowest BCUT2D eigenvalue weighted by Gasteiger charge is -2.12. The topological polar surface area (TPSA) is 135 Å². The van der Waals surface area contributed by atoms with Crippen molar-refractivity contribution in [2.45, 2.75) is 13.0 Å². The summed E-state index contributed by atoms with van der Waals surface area (Å²) < 4.78 is 0. The van der Waals surface area contributed by atoms with Crippen molar-refractivity contribution in [2.24, 2.45) is 11.5 Å². The number of carbonyl (C=O) groups excluding carboxylic acids is 1. The number of hydrogen-bond donors (Lipinski definition) is 5. The number of nitrogens with zero attached hydrogens (tertiary/aromatic N) is 2. The number of carbonyl (C=O) groups is 1. The van der Waals surface area contributed by atoms with Crippen LogP contribution in [0.4, 0.5) is 17.5 Å². The Morgan fingerprint density at radius 2 is 2.21 bits per heavy atom. The second-order valence-electron chi connectivity index (χ2n) is 5.58. The maximum atomic E-state index is 11.6. The van der Waals surface area contributed by atoms with Crippen LogP contribution in [0, 0.1) is 0 Å². The predicted molar refractivity (Wildman–Crippen MR) is 94.3 cm³/mol. The third-order valence-corrected chi connectivity index (χ3v) is 3.45. The number of nitrogens with one attached hydrogen (secondary N) is 3. The van der Waals surface area contributed by atoms with E-state index >= 15 is 0 Å². The molecular formula is C16H19N7O.